The number of fused-ring (bicyclic) bond motifs is 6. The minimum Gasteiger partial charge on any atom is -0.309 e. The molecule has 246 valence electrons. The van der Waals surface area contributed by atoms with Crippen molar-refractivity contribution in [2.24, 2.45) is 0 Å². The summed E-state index contributed by atoms with van der Waals surface area (Å²) in [5.74, 6) is 1.41. The molecule has 9 aromatic rings. The predicted octanol–water partition coefficient (Wildman–Crippen LogP) is 11.9. The van der Waals surface area contributed by atoms with Gasteiger partial charge in [-0.2, -0.15) is 0 Å². The summed E-state index contributed by atoms with van der Waals surface area (Å²) in [5, 5.41) is 0.392. The largest absolute Gasteiger partial charge is 0.309 e. The Labute approximate surface area is 311 Å². The molecular weight excluding hydrogens is 633 g/mol. The summed E-state index contributed by atoms with van der Waals surface area (Å²) in [6.07, 6.45) is 0. The van der Waals surface area contributed by atoms with Gasteiger partial charge in [-0.3, -0.25) is 0 Å². The van der Waals surface area contributed by atoms with Crippen molar-refractivity contribution in [1.82, 2.24) is 19.5 Å². The van der Waals surface area contributed by atoms with Crippen LogP contribution in [0.3, 0.4) is 0 Å². The lowest BCUT2D eigenvalue weighted by Crippen LogP contribution is -2.14. The van der Waals surface area contributed by atoms with E-state index in [0.717, 1.165) is 27.8 Å². The number of rotatable bonds is 5. The van der Waals surface area contributed by atoms with Gasteiger partial charge in [-0.15, -0.1) is 0 Å². The van der Waals surface area contributed by atoms with Gasteiger partial charge in [-0.05, 0) is 69.7 Å². The normalized spacial score (nSPS) is 14.6. The first-order chi connectivity index (χ1) is 28.0. The molecule has 7 aromatic carbocycles. The van der Waals surface area contributed by atoms with Crippen molar-refractivity contribution in [3.63, 3.8) is 0 Å². The fourth-order valence-corrected chi connectivity index (χ4v) is 7.65. The van der Waals surface area contributed by atoms with Crippen LogP contribution in [0.2, 0.25) is 0 Å². The molecule has 0 radical (unpaired) electrons. The van der Waals surface area contributed by atoms with Crippen molar-refractivity contribution in [3.8, 4) is 62.1 Å². The second-order valence-corrected chi connectivity index (χ2v) is 13.6. The monoisotopic (exact) mass is 672 g/mol. The second kappa shape index (κ2) is 11.7. The SMILES string of the molecule is [2H]c1cc([2H])c2c(c1[2H])c1c([2H])c([2H])cc([2H])c1n2-c1cc(-c2ccccc2)cc(-c2nc(-c3ccccc3)nc(-c3ccc4c(c3)-c3ccccc3C4(C)C)n2)c1. The number of para-hydroxylation sites is 2. The Balaban J connectivity index is 1.26. The van der Waals surface area contributed by atoms with Crippen molar-refractivity contribution in [1.29, 1.82) is 0 Å². The molecule has 52 heavy (non-hydrogen) atoms. The summed E-state index contributed by atoms with van der Waals surface area (Å²) in [4.78, 5) is 15.3. The highest BCUT2D eigenvalue weighted by Crippen LogP contribution is 2.49. The molecule has 2 heterocycles. The van der Waals surface area contributed by atoms with Crippen molar-refractivity contribution in [2.75, 3.05) is 0 Å². The van der Waals surface area contributed by atoms with Crippen LogP contribution in [-0.2, 0) is 5.41 Å². The molecule has 0 fully saturated rings. The third kappa shape index (κ3) is 4.79. The maximum Gasteiger partial charge on any atom is 0.164 e. The first-order valence-corrected chi connectivity index (χ1v) is 17.3. The molecule has 10 rings (SSSR count). The average Bonchev–Trinajstić information content (AvgIpc) is 3.73. The van der Waals surface area contributed by atoms with E-state index in [1.807, 2.05) is 78.9 Å². The van der Waals surface area contributed by atoms with E-state index in [9.17, 15) is 0 Å². The molecule has 0 amide bonds. The molecule has 1 aliphatic carbocycles. The van der Waals surface area contributed by atoms with Crippen LogP contribution in [0.1, 0.15) is 33.2 Å². The molecular formula is C48H34N4. The Morgan fingerprint density at radius 1 is 0.462 bits per heavy atom. The van der Waals surface area contributed by atoms with Gasteiger partial charge in [-0.25, -0.2) is 15.0 Å². The summed E-state index contributed by atoms with van der Waals surface area (Å²) in [6, 6.07) is 42.4. The first-order valence-electron chi connectivity index (χ1n) is 20.3. The molecule has 0 saturated carbocycles. The third-order valence-corrected chi connectivity index (χ3v) is 10.2. The van der Waals surface area contributed by atoms with Gasteiger partial charge in [0.15, 0.2) is 17.5 Å². The lowest BCUT2D eigenvalue weighted by atomic mass is 9.82. The minimum absolute atomic E-state index is 0.0284. The van der Waals surface area contributed by atoms with Gasteiger partial charge < -0.3 is 4.57 Å². The van der Waals surface area contributed by atoms with Gasteiger partial charge in [0, 0.05) is 38.6 Å². The topological polar surface area (TPSA) is 43.6 Å². The number of hydrogen-bond acceptors (Lipinski definition) is 3. The van der Waals surface area contributed by atoms with Crippen LogP contribution < -0.4 is 0 Å². The van der Waals surface area contributed by atoms with Crippen molar-refractivity contribution in [2.45, 2.75) is 19.3 Å². The van der Waals surface area contributed by atoms with Gasteiger partial charge in [0.05, 0.1) is 19.3 Å². The van der Waals surface area contributed by atoms with Crippen LogP contribution in [0.15, 0.2) is 170 Å². The molecule has 0 unspecified atom stereocenters. The summed E-state index contributed by atoms with van der Waals surface area (Å²) in [7, 11) is 0. The zero-order chi connectivity index (χ0) is 40.0. The highest BCUT2D eigenvalue weighted by molar-refractivity contribution is 6.09. The Morgan fingerprint density at radius 3 is 1.71 bits per heavy atom. The Kier molecular flexibility index (Phi) is 5.52. The van der Waals surface area contributed by atoms with Gasteiger partial charge >= 0.3 is 0 Å². The molecule has 0 aliphatic heterocycles. The summed E-state index contributed by atoms with van der Waals surface area (Å²) in [5.41, 5.74) is 9.83. The lowest BCUT2D eigenvalue weighted by molar-refractivity contribution is 0.660. The minimum atomic E-state index is -0.165. The maximum atomic E-state index is 9.10. The molecule has 1 aliphatic rings. The molecule has 0 spiro atoms. The number of nitrogens with zero attached hydrogens (tertiary/aromatic N) is 4. The molecule has 4 heteroatoms. The Hall–Kier alpha value is -6.65. The summed E-state index contributed by atoms with van der Waals surface area (Å²) >= 11 is 0. The lowest BCUT2D eigenvalue weighted by Gasteiger charge is -2.21. The van der Waals surface area contributed by atoms with Gasteiger partial charge in [-0.1, -0.05) is 147 Å². The Bertz CT molecular complexity index is 3090. The molecule has 0 bridgehead atoms. The van der Waals surface area contributed by atoms with Crippen molar-refractivity contribution < 1.29 is 8.22 Å². The van der Waals surface area contributed by atoms with Crippen molar-refractivity contribution in [3.05, 3.63) is 181 Å². The molecule has 0 saturated heterocycles. The van der Waals surface area contributed by atoms with E-state index >= 15 is 0 Å². The average molecular weight is 673 g/mol. The van der Waals surface area contributed by atoms with Crippen molar-refractivity contribution >= 4 is 21.8 Å². The van der Waals surface area contributed by atoms with E-state index in [-0.39, 0.29) is 63.5 Å². The highest BCUT2D eigenvalue weighted by atomic mass is 15.0. The number of benzene rings is 7. The third-order valence-electron chi connectivity index (χ3n) is 10.2. The van der Waals surface area contributed by atoms with Gasteiger partial charge in [0.25, 0.3) is 0 Å². The van der Waals surface area contributed by atoms with Crippen LogP contribution in [0.4, 0.5) is 0 Å². The fourth-order valence-electron chi connectivity index (χ4n) is 7.65. The highest BCUT2D eigenvalue weighted by Gasteiger charge is 2.35. The molecule has 4 nitrogen and oxygen atoms in total. The van der Waals surface area contributed by atoms with E-state index in [2.05, 4.69) is 56.3 Å². The quantitative estimate of drug-likeness (QED) is 0.183. The van der Waals surface area contributed by atoms with E-state index < -0.39 is 0 Å². The van der Waals surface area contributed by atoms with E-state index in [1.165, 1.54) is 28.8 Å². The predicted molar refractivity (Wildman–Crippen MR) is 213 cm³/mol. The molecule has 2 aromatic heterocycles. The van der Waals surface area contributed by atoms with Crippen LogP contribution in [0.5, 0.6) is 0 Å². The summed E-state index contributed by atoms with van der Waals surface area (Å²) < 4.78 is 54.8. The Morgan fingerprint density at radius 2 is 1.02 bits per heavy atom. The van der Waals surface area contributed by atoms with Crippen LogP contribution in [-0.4, -0.2) is 19.5 Å². The van der Waals surface area contributed by atoms with Crippen LogP contribution >= 0.6 is 0 Å². The smallest absolute Gasteiger partial charge is 0.164 e. The summed E-state index contributed by atoms with van der Waals surface area (Å²) in [6.45, 7) is 4.50. The van der Waals surface area contributed by atoms with E-state index in [4.69, 9.17) is 23.2 Å². The van der Waals surface area contributed by atoms with E-state index in [0.29, 0.717) is 28.7 Å². The van der Waals surface area contributed by atoms with Gasteiger partial charge in [0.2, 0.25) is 0 Å². The number of hydrogen-bond donors (Lipinski definition) is 0. The molecule has 0 N–H and O–H groups in total. The fraction of sp³-hybridized carbons (Fsp3) is 0.0625. The maximum absolute atomic E-state index is 9.10. The zero-order valence-electron chi connectivity index (χ0n) is 34.5. The van der Waals surface area contributed by atoms with E-state index in [1.54, 1.807) is 4.57 Å². The second-order valence-electron chi connectivity index (χ2n) is 13.6. The van der Waals surface area contributed by atoms with Crippen LogP contribution in [0, 0.1) is 0 Å². The first kappa shape index (κ1) is 24.5. The van der Waals surface area contributed by atoms with Crippen LogP contribution in [0.25, 0.3) is 83.9 Å². The standard InChI is InChI=1S/C48H34N4/c1-48(2)41-22-12-9-19-37(41)40-30-33(25-26-42(40)48)46-49-45(32-17-7-4-8-18-32)50-47(51-46)35-27-34(31-15-5-3-6-16-31)28-36(29-35)52-43-23-13-10-20-38(43)39-21-11-14-24-44(39)52/h3-30H,1-2H3/i10D,11D,20D,21D,23D,24D. The zero-order valence-corrected chi connectivity index (χ0v) is 28.5. The van der Waals surface area contributed by atoms with Gasteiger partial charge in [0.1, 0.15) is 0 Å². The molecule has 0 atom stereocenters. The number of aromatic nitrogens is 4.